The summed E-state index contributed by atoms with van der Waals surface area (Å²) in [6.45, 7) is 2.11. The normalized spacial score (nSPS) is 11.3. The van der Waals surface area contributed by atoms with Gasteiger partial charge in [0.15, 0.2) is 6.20 Å². The molecule has 2 aromatic heterocycles. The average molecular weight is 426 g/mol. The first-order valence-electron chi connectivity index (χ1n) is 11.0. The molecule has 0 bridgehead atoms. The molecule has 0 spiro atoms. The van der Waals surface area contributed by atoms with Gasteiger partial charge in [-0.25, -0.2) is 4.57 Å². The molecule has 156 valence electrons. The fourth-order valence-electron chi connectivity index (χ4n) is 4.78. The number of hydrogen-bond acceptors (Lipinski definition) is 2. The van der Waals surface area contributed by atoms with Crippen LogP contribution in [0.1, 0.15) is 11.1 Å². The molecule has 0 aliphatic carbocycles. The van der Waals surface area contributed by atoms with Crippen LogP contribution in [0.3, 0.4) is 0 Å². The van der Waals surface area contributed by atoms with E-state index in [4.69, 9.17) is 4.42 Å². The highest BCUT2D eigenvalue weighted by Crippen LogP contribution is 2.41. The summed E-state index contributed by atoms with van der Waals surface area (Å²) in [6, 6.07) is 31.3. The van der Waals surface area contributed by atoms with Crippen LogP contribution in [0.15, 0.2) is 95.5 Å². The van der Waals surface area contributed by atoms with Crippen LogP contribution in [-0.2, 0) is 7.05 Å². The van der Waals surface area contributed by atoms with E-state index in [9.17, 15) is 5.26 Å². The minimum absolute atomic E-state index is 0.626. The largest absolute Gasteiger partial charge is 0.454 e. The minimum atomic E-state index is 0.626. The number of pyridine rings is 1. The topological polar surface area (TPSA) is 40.8 Å². The molecule has 2 heterocycles. The van der Waals surface area contributed by atoms with Gasteiger partial charge >= 0.3 is 0 Å². The number of aromatic nitrogens is 1. The van der Waals surface area contributed by atoms with E-state index >= 15 is 0 Å². The molecule has 6 rings (SSSR count). The summed E-state index contributed by atoms with van der Waals surface area (Å²) in [6.07, 6.45) is 2.05. The molecule has 0 radical (unpaired) electrons. The molecule has 4 aromatic carbocycles. The number of benzene rings is 4. The second-order valence-electron chi connectivity index (χ2n) is 8.51. The standard InChI is InChI=1S/C30H21N2O/c1-19-10-13-24-26-16-20(18-31)15-25(23-12-11-21-7-3-4-8-22(21)17-23)29(26)33-30(24)28(19)27-9-5-6-14-32(27)2/h3-17H,1-2H3/q+1. The Morgan fingerprint density at radius 3 is 2.42 bits per heavy atom. The molecule has 3 heteroatoms. The fraction of sp³-hybridized carbons (Fsp3) is 0.0667. The third kappa shape index (κ3) is 3.00. The van der Waals surface area contributed by atoms with Crippen molar-refractivity contribution >= 4 is 32.7 Å². The molecule has 0 aliphatic heterocycles. The number of fused-ring (bicyclic) bond motifs is 4. The van der Waals surface area contributed by atoms with Crippen LogP contribution < -0.4 is 4.57 Å². The molecule has 0 aliphatic rings. The number of nitriles is 1. The highest BCUT2D eigenvalue weighted by atomic mass is 16.3. The highest BCUT2D eigenvalue weighted by molar-refractivity contribution is 6.14. The molecule has 0 fully saturated rings. The first-order chi connectivity index (χ1) is 16.1. The summed E-state index contributed by atoms with van der Waals surface area (Å²) in [4.78, 5) is 0. The predicted molar refractivity (Wildman–Crippen MR) is 133 cm³/mol. The van der Waals surface area contributed by atoms with E-state index in [2.05, 4.69) is 66.1 Å². The Balaban J connectivity index is 1.72. The second-order valence-corrected chi connectivity index (χ2v) is 8.51. The van der Waals surface area contributed by atoms with Crippen molar-refractivity contribution in [1.82, 2.24) is 0 Å². The first kappa shape index (κ1) is 19.3. The Morgan fingerprint density at radius 1 is 0.788 bits per heavy atom. The van der Waals surface area contributed by atoms with Gasteiger partial charge in [-0.1, -0.05) is 48.5 Å². The SMILES string of the molecule is Cc1ccc2c(oc3c(-c4ccc5ccccc5c4)cc(C#N)cc32)c1-c1cccc[n+]1C. The van der Waals surface area contributed by atoms with Crippen LogP contribution in [0.25, 0.3) is 55.1 Å². The van der Waals surface area contributed by atoms with Crippen molar-refractivity contribution in [3.63, 3.8) is 0 Å². The summed E-state index contributed by atoms with van der Waals surface area (Å²) < 4.78 is 8.76. The van der Waals surface area contributed by atoms with Gasteiger partial charge in [-0.05, 0) is 53.1 Å². The van der Waals surface area contributed by atoms with Crippen LogP contribution in [0.4, 0.5) is 0 Å². The van der Waals surface area contributed by atoms with E-state index in [0.717, 1.165) is 55.3 Å². The summed E-state index contributed by atoms with van der Waals surface area (Å²) in [5, 5.41) is 14.1. The number of nitrogens with zero attached hydrogens (tertiary/aromatic N) is 2. The van der Waals surface area contributed by atoms with Gasteiger partial charge in [0.2, 0.25) is 5.69 Å². The number of hydrogen-bond donors (Lipinski definition) is 0. The van der Waals surface area contributed by atoms with Gasteiger partial charge in [0.05, 0.1) is 17.2 Å². The van der Waals surface area contributed by atoms with Gasteiger partial charge in [-0.2, -0.15) is 5.26 Å². The zero-order valence-corrected chi connectivity index (χ0v) is 18.5. The Bertz CT molecular complexity index is 1750. The van der Waals surface area contributed by atoms with Crippen LogP contribution in [-0.4, -0.2) is 0 Å². The van der Waals surface area contributed by atoms with E-state index < -0.39 is 0 Å². The monoisotopic (exact) mass is 425 g/mol. The molecule has 0 amide bonds. The van der Waals surface area contributed by atoms with E-state index in [0.29, 0.717) is 5.56 Å². The maximum absolute atomic E-state index is 9.78. The van der Waals surface area contributed by atoms with Gasteiger partial charge in [-0.3, -0.25) is 0 Å². The Hall–Kier alpha value is -4.42. The maximum atomic E-state index is 9.78. The molecule has 6 aromatic rings. The van der Waals surface area contributed by atoms with Crippen molar-refractivity contribution in [3.8, 4) is 28.5 Å². The van der Waals surface area contributed by atoms with E-state index in [1.807, 2.05) is 49.6 Å². The molecule has 3 nitrogen and oxygen atoms in total. The summed E-state index contributed by atoms with van der Waals surface area (Å²) in [5.41, 5.74) is 7.58. The summed E-state index contributed by atoms with van der Waals surface area (Å²) >= 11 is 0. The van der Waals surface area contributed by atoms with Gasteiger partial charge in [0.25, 0.3) is 0 Å². The number of furan rings is 1. The molecule has 0 unspecified atom stereocenters. The average Bonchev–Trinajstić information content (AvgIpc) is 3.22. The van der Waals surface area contributed by atoms with Crippen LogP contribution in [0.5, 0.6) is 0 Å². The third-order valence-electron chi connectivity index (χ3n) is 6.45. The van der Waals surface area contributed by atoms with Crippen LogP contribution in [0, 0.1) is 18.3 Å². The molecule has 33 heavy (non-hydrogen) atoms. The zero-order valence-electron chi connectivity index (χ0n) is 18.5. The van der Waals surface area contributed by atoms with Gasteiger partial charge < -0.3 is 4.42 Å². The lowest BCUT2D eigenvalue weighted by Crippen LogP contribution is -2.30. The molecule has 0 saturated carbocycles. The van der Waals surface area contributed by atoms with Crippen molar-refractivity contribution < 1.29 is 8.98 Å². The molecular formula is C30H21N2O+. The van der Waals surface area contributed by atoms with E-state index in [1.165, 1.54) is 5.39 Å². The minimum Gasteiger partial charge on any atom is -0.454 e. The molecule has 0 N–H and O–H groups in total. The van der Waals surface area contributed by atoms with Gasteiger partial charge in [0, 0.05) is 28.5 Å². The van der Waals surface area contributed by atoms with Gasteiger partial charge in [0.1, 0.15) is 18.2 Å². The molecule has 0 saturated heterocycles. The van der Waals surface area contributed by atoms with Crippen LogP contribution in [0.2, 0.25) is 0 Å². The van der Waals surface area contributed by atoms with Crippen molar-refractivity contribution in [1.29, 1.82) is 5.26 Å². The molecular weight excluding hydrogens is 404 g/mol. The summed E-state index contributed by atoms with van der Waals surface area (Å²) in [5.74, 6) is 0. The lowest BCUT2D eigenvalue weighted by Gasteiger charge is -2.06. The van der Waals surface area contributed by atoms with Crippen molar-refractivity contribution in [2.45, 2.75) is 6.92 Å². The maximum Gasteiger partial charge on any atom is 0.216 e. The third-order valence-corrected chi connectivity index (χ3v) is 6.45. The lowest BCUT2D eigenvalue weighted by atomic mass is 9.96. The Labute approximate surface area is 191 Å². The highest BCUT2D eigenvalue weighted by Gasteiger charge is 2.22. The lowest BCUT2D eigenvalue weighted by molar-refractivity contribution is -0.660. The van der Waals surface area contributed by atoms with Crippen molar-refractivity contribution in [2.75, 3.05) is 0 Å². The Kier molecular flexibility index (Phi) is 4.28. The second kappa shape index (κ2) is 7.32. The van der Waals surface area contributed by atoms with Gasteiger partial charge in [-0.15, -0.1) is 0 Å². The van der Waals surface area contributed by atoms with E-state index in [1.54, 1.807) is 0 Å². The smallest absolute Gasteiger partial charge is 0.216 e. The number of aryl methyl sites for hydroxylation is 2. The fourth-order valence-corrected chi connectivity index (χ4v) is 4.78. The van der Waals surface area contributed by atoms with Crippen molar-refractivity contribution in [3.05, 3.63) is 102 Å². The summed E-state index contributed by atoms with van der Waals surface area (Å²) in [7, 11) is 2.05. The quantitative estimate of drug-likeness (QED) is 0.278. The predicted octanol–water partition coefficient (Wildman–Crippen LogP) is 7.08. The van der Waals surface area contributed by atoms with E-state index in [-0.39, 0.29) is 0 Å². The molecule has 0 atom stereocenters. The first-order valence-corrected chi connectivity index (χ1v) is 11.0. The zero-order chi connectivity index (χ0) is 22.5. The Morgan fingerprint density at radius 2 is 1.61 bits per heavy atom. The van der Waals surface area contributed by atoms with Crippen LogP contribution >= 0.6 is 0 Å². The van der Waals surface area contributed by atoms with Crippen molar-refractivity contribution in [2.24, 2.45) is 7.05 Å². The number of rotatable bonds is 2.